The van der Waals surface area contributed by atoms with Crippen LogP contribution in [-0.4, -0.2) is 27.9 Å². The Morgan fingerprint density at radius 2 is 1.75 bits per heavy atom. The third-order valence-corrected chi connectivity index (χ3v) is 2.17. The summed E-state index contributed by atoms with van der Waals surface area (Å²) in [7, 11) is 4.76. The Balaban J connectivity index is 3.25. The van der Waals surface area contributed by atoms with Crippen molar-refractivity contribution in [2.24, 2.45) is 5.73 Å². The van der Waals surface area contributed by atoms with Crippen molar-refractivity contribution in [2.45, 2.75) is 0 Å². The zero-order chi connectivity index (χ0) is 12.0. The number of nitrogens with two attached hydrogens (primary N) is 1. The van der Waals surface area contributed by atoms with E-state index in [0.717, 1.165) is 5.56 Å². The summed E-state index contributed by atoms with van der Waals surface area (Å²) in [5.74, 6) is 1.87. The van der Waals surface area contributed by atoms with E-state index in [1.54, 1.807) is 21.3 Å². The Hall–Kier alpha value is -1.68. The molecule has 0 spiro atoms. The lowest BCUT2D eigenvalue weighted by Crippen LogP contribution is -1.97. The molecule has 4 nitrogen and oxygen atoms in total. The highest BCUT2D eigenvalue weighted by molar-refractivity contribution is 5.66. The normalized spacial score (nSPS) is 10.5. The Kier molecular flexibility index (Phi) is 4.66. The molecule has 1 aromatic rings. The fourth-order valence-corrected chi connectivity index (χ4v) is 1.45. The highest BCUT2D eigenvalue weighted by Gasteiger charge is 2.13. The van der Waals surface area contributed by atoms with Gasteiger partial charge in [0, 0.05) is 12.1 Å². The van der Waals surface area contributed by atoms with Gasteiger partial charge in [-0.2, -0.15) is 0 Å². The van der Waals surface area contributed by atoms with Crippen molar-refractivity contribution in [2.75, 3.05) is 27.9 Å². The van der Waals surface area contributed by atoms with Crippen LogP contribution in [0, 0.1) is 0 Å². The molecule has 0 heterocycles. The zero-order valence-corrected chi connectivity index (χ0v) is 9.82. The summed E-state index contributed by atoms with van der Waals surface area (Å²) in [5, 5.41) is 0. The molecule has 0 radical (unpaired) electrons. The van der Waals surface area contributed by atoms with Gasteiger partial charge < -0.3 is 19.9 Å². The lowest BCUT2D eigenvalue weighted by atomic mass is 10.1. The van der Waals surface area contributed by atoms with Crippen LogP contribution in [0.15, 0.2) is 18.2 Å². The molecule has 0 saturated heterocycles. The maximum absolute atomic E-state index is 5.41. The molecule has 0 aliphatic heterocycles. The zero-order valence-electron chi connectivity index (χ0n) is 9.82. The number of methoxy groups -OCH3 is 3. The molecule has 2 N–H and O–H groups in total. The fourth-order valence-electron chi connectivity index (χ4n) is 1.45. The van der Waals surface area contributed by atoms with Gasteiger partial charge in [0.2, 0.25) is 5.75 Å². The molecule has 0 atom stereocenters. The summed E-state index contributed by atoms with van der Waals surface area (Å²) in [6.45, 7) is 0.484. The molecule has 0 saturated carbocycles. The largest absolute Gasteiger partial charge is 0.493 e. The third-order valence-electron chi connectivity index (χ3n) is 2.17. The number of hydrogen-bond acceptors (Lipinski definition) is 4. The van der Waals surface area contributed by atoms with Crippen LogP contribution >= 0.6 is 0 Å². The maximum Gasteiger partial charge on any atom is 0.203 e. The Labute approximate surface area is 95.6 Å². The van der Waals surface area contributed by atoms with Crippen LogP contribution in [0.25, 0.3) is 6.08 Å². The molecule has 4 heteroatoms. The van der Waals surface area contributed by atoms with Gasteiger partial charge in [0.1, 0.15) is 0 Å². The maximum atomic E-state index is 5.41. The van der Waals surface area contributed by atoms with Gasteiger partial charge in [0.25, 0.3) is 0 Å². The van der Waals surface area contributed by atoms with Gasteiger partial charge in [-0.1, -0.05) is 12.2 Å². The van der Waals surface area contributed by atoms with Crippen molar-refractivity contribution in [3.63, 3.8) is 0 Å². The predicted octanol–water partition coefficient (Wildman–Crippen LogP) is 1.68. The summed E-state index contributed by atoms with van der Waals surface area (Å²) in [6.07, 6.45) is 3.74. The van der Waals surface area contributed by atoms with Crippen molar-refractivity contribution in [1.82, 2.24) is 0 Å². The van der Waals surface area contributed by atoms with Crippen molar-refractivity contribution in [1.29, 1.82) is 0 Å². The number of benzene rings is 1. The smallest absolute Gasteiger partial charge is 0.203 e. The van der Waals surface area contributed by atoms with Crippen molar-refractivity contribution < 1.29 is 14.2 Å². The molecular formula is C12H17NO3. The van der Waals surface area contributed by atoms with E-state index in [2.05, 4.69) is 0 Å². The first-order chi connectivity index (χ1) is 7.78. The highest BCUT2D eigenvalue weighted by Crippen LogP contribution is 2.40. The molecule has 0 aromatic heterocycles. The molecular weight excluding hydrogens is 206 g/mol. The van der Waals surface area contributed by atoms with E-state index in [1.807, 2.05) is 24.3 Å². The van der Waals surface area contributed by atoms with Gasteiger partial charge in [-0.15, -0.1) is 0 Å². The van der Waals surface area contributed by atoms with Gasteiger partial charge in [0.15, 0.2) is 11.5 Å². The lowest BCUT2D eigenvalue weighted by Gasteiger charge is -2.13. The van der Waals surface area contributed by atoms with Crippen molar-refractivity contribution in [3.8, 4) is 17.2 Å². The molecule has 0 amide bonds. The van der Waals surface area contributed by atoms with Crippen molar-refractivity contribution >= 4 is 6.08 Å². The molecule has 0 bridgehead atoms. The van der Waals surface area contributed by atoms with Gasteiger partial charge in [-0.3, -0.25) is 0 Å². The summed E-state index contributed by atoms with van der Waals surface area (Å²) in [5.41, 5.74) is 6.32. The average molecular weight is 223 g/mol. The molecule has 0 aliphatic rings. The molecule has 0 fully saturated rings. The second kappa shape index (κ2) is 6.02. The van der Waals surface area contributed by atoms with E-state index in [4.69, 9.17) is 19.9 Å². The van der Waals surface area contributed by atoms with E-state index < -0.39 is 0 Å². The van der Waals surface area contributed by atoms with Crippen LogP contribution in [0.1, 0.15) is 5.56 Å². The number of rotatable bonds is 5. The second-order valence-corrected chi connectivity index (χ2v) is 3.06. The summed E-state index contributed by atoms with van der Waals surface area (Å²) in [6, 6.07) is 3.73. The second-order valence-electron chi connectivity index (χ2n) is 3.06. The first kappa shape index (κ1) is 12.4. The van der Waals surface area contributed by atoms with Gasteiger partial charge in [0.05, 0.1) is 21.3 Å². The standard InChI is InChI=1S/C12H17NO3/c1-14-10-7-6-9(5-4-8-13)11(15-2)12(10)16-3/h4-7H,8,13H2,1-3H3/b5-4+. The summed E-state index contributed by atoms with van der Waals surface area (Å²) >= 11 is 0. The fraction of sp³-hybridized carbons (Fsp3) is 0.333. The Morgan fingerprint density at radius 1 is 1.06 bits per heavy atom. The van der Waals surface area contributed by atoms with Crippen molar-refractivity contribution in [3.05, 3.63) is 23.8 Å². The van der Waals surface area contributed by atoms with E-state index in [-0.39, 0.29) is 0 Å². The van der Waals surface area contributed by atoms with Crippen LogP contribution < -0.4 is 19.9 Å². The molecule has 0 unspecified atom stereocenters. The third kappa shape index (κ3) is 2.46. The topological polar surface area (TPSA) is 53.7 Å². The summed E-state index contributed by atoms with van der Waals surface area (Å²) < 4.78 is 15.8. The summed E-state index contributed by atoms with van der Waals surface area (Å²) in [4.78, 5) is 0. The van der Waals surface area contributed by atoms with Crippen LogP contribution in [-0.2, 0) is 0 Å². The van der Waals surface area contributed by atoms with Crippen LogP contribution in [0.3, 0.4) is 0 Å². The van der Waals surface area contributed by atoms with Gasteiger partial charge >= 0.3 is 0 Å². The van der Waals surface area contributed by atoms with Crippen LogP contribution in [0.2, 0.25) is 0 Å². The predicted molar refractivity (Wildman–Crippen MR) is 64.2 cm³/mol. The van der Waals surface area contributed by atoms with Crippen LogP contribution in [0.4, 0.5) is 0 Å². The minimum absolute atomic E-state index is 0.484. The monoisotopic (exact) mass is 223 g/mol. The average Bonchev–Trinajstić information content (AvgIpc) is 2.34. The quantitative estimate of drug-likeness (QED) is 0.825. The van der Waals surface area contributed by atoms with E-state index in [9.17, 15) is 0 Å². The SMILES string of the molecule is COc1ccc(/C=C/CN)c(OC)c1OC. The Morgan fingerprint density at radius 3 is 2.25 bits per heavy atom. The van der Waals surface area contributed by atoms with Crippen LogP contribution in [0.5, 0.6) is 17.2 Å². The first-order valence-corrected chi connectivity index (χ1v) is 4.94. The lowest BCUT2D eigenvalue weighted by molar-refractivity contribution is 0.324. The number of hydrogen-bond donors (Lipinski definition) is 1. The number of ether oxygens (including phenoxy) is 3. The van der Waals surface area contributed by atoms with E-state index in [1.165, 1.54) is 0 Å². The Bertz CT molecular complexity index is 375. The minimum Gasteiger partial charge on any atom is -0.493 e. The minimum atomic E-state index is 0.484. The first-order valence-electron chi connectivity index (χ1n) is 4.94. The molecule has 16 heavy (non-hydrogen) atoms. The molecule has 1 rings (SSSR count). The van der Waals surface area contributed by atoms with E-state index >= 15 is 0 Å². The van der Waals surface area contributed by atoms with Gasteiger partial charge in [-0.25, -0.2) is 0 Å². The van der Waals surface area contributed by atoms with E-state index in [0.29, 0.717) is 23.8 Å². The van der Waals surface area contributed by atoms with Gasteiger partial charge in [-0.05, 0) is 12.1 Å². The molecule has 0 aliphatic carbocycles. The highest BCUT2D eigenvalue weighted by atomic mass is 16.5. The molecule has 1 aromatic carbocycles. The molecule has 88 valence electrons.